The number of hydrogen-bond acceptors (Lipinski definition) is 4. The van der Waals surface area contributed by atoms with Gasteiger partial charge in [-0.25, -0.2) is 9.78 Å². The number of fused-ring (bicyclic) bond motifs is 1. The van der Waals surface area contributed by atoms with Crippen molar-refractivity contribution in [2.75, 3.05) is 31.5 Å². The van der Waals surface area contributed by atoms with Gasteiger partial charge in [0.25, 0.3) is 5.56 Å². The van der Waals surface area contributed by atoms with Crippen molar-refractivity contribution < 1.29 is 4.79 Å². The summed E-state index contributed by atoms with van der Waals surface area (Å²) in [5.74, 6) is 0.812. The van der Waals surface area contributed by atoms with Crippen molar-refractivity contribution >= 4 is 38.6 Å². The average Bonchev–Trinajstić information content (AvgIpc) is 2.82. The van der Waals surface area contributed by atoms with Crippen LogP contribution in [0.1, 0.15) is 32.1 Å². The Morgan fingerprint density at radius 3 is 2.41 bits per heavy atom. The molecule has 1 unspecified atom stereocenters. The summed E-state index contributed by atoms with van der Waals surface area (Å²) in [5, 5.41) is 3.62. The maximum Gasteiger partial charge on any atom is 0.321 e. The minimum atomic E-state index is -0.0886. The van der Waals surface area contributed by atoms with Gasteiger partial charge >= 0.3 is 6.03 Å². The van der Waals surface area contributed by atoms with Crippen molar-refractivity contribution in [1.82, 2.24) is 19.4 Å². The van der Waals surface area contributed by atoms with E-state index in [1.165, 1.54) is 0 Å². The highest BCUT2D eigenvalue weighted by molar-refractivity contribution is 9.10. The first kappa shape index (κ1) is 22.5. The van der Waals surface area contributed by atoms with E-state index in [9.17, 15) is 9.59 Å². The zero-order valence-electron chi connectivity index (χ0n) is 18.4. The van der Waals surface area contributed by atoms with Gasteiger partial charge in [0.15, 0.2) is 0 Å². The SMILES string of the molecule is CCC(c1nc2ccccc2c(=O)n1CC)N1CCN(C(=O)Nc2ccc(Br)cc2)CC1. The number of nitrogens with one attached hydrogen (secondary N) is 1. The molecular formula is C24H28BrN5O2. The molecule has 1 saturated heterocycles. The van der Waals surface area contributed by atoms with E-state index < -0.39 is 0 Å². The zero-order chi connectivity index (χ0) is 22.7. The van der Waals surface area contributed by atoms with Crippen LogP contribution in [-0.2, 0) is 6.54 Å². The van der Waals surface area contributed by atoms with Gasteiger partial charge in [-0.3, -0.25) is 14.3 Å². The molecule has 168 valence electrons. The Kier molecular flexibility index (Phi) is 6.91. The molecule has 0 spiro atoms. The van der Waals surface area contributed by atoms with Gasteiger partial charge in [0.2, 0.25) is 0 Å². The third-order valence-corrected chi connectivity index (χ3v) is 6.56. The first-order valence-electron chi connectivity index (χ1n) is 11.1. The van der Waals surface area contributed by atoms with Crippen molar-refractivity contribution in [2.45, 2.75) is 32.9 Å². The smallest absolute Gasteiger partial charge is 0.321 e. The molecule has 1 N–H and O–H groups in total. The van der Waals surface area contributed by atoms with Crippen LogP contribution >= 0.6 is 15.9 Å². The third-order valence-electron chi connectivity index (χ3n) is 6.03. The van der Waals surface area contributed by atoms with Crippen molar-refractivity contribution in [3.05, 3.63) is 69.2 Å². The Morgan fingerprint density at radius 2 is 1.75 bits per heavy atom. The van der Waals surface area contributed by atoms with Crippen LogP contribution in [0.2, 0.25) is 0 Å². The molecule has 1 aliphatic rings. The molecule has 32 heavy (non-hydrogen) atoms. The Bertz CT molecular complexity index is 1150. The number of benzene rings is 2. The monoisotopic (exact) mass is 497 g/mol. The maximum atomic E-state index is 13.1. The van der Waals surface area contributed by atoms with E-state index in [1.54, 1.807) is 4.57 Å². The minimum absolute atomic E-state index is 0.0130. The molecule has 0 aliphatic carbocycles. The van der Waals surface area contributed by atoms with E-state index in [0.29, 0.717) is 25.0 Å². The largest absolute Gasteiger partial charge is 0.322 e. The lowest BCUT2D eigenvalue weighted by molar-refractivity contribution is 0.105. The molecule has 1 atom stereocenters. The molecule has 4 rings (SSSR count). The first-order chi connectivity index (χ1) is 15.5. The number of carbonyl (C=O) groups is 1. The van der Waals surface area contributed by atoms with E-state index in [0.717, 1.165) is 41.0 Å². The van der Waals surface area contributed by atoms with Gasteiger partial charge in [0.05, 0.1) is 16.9 Å². The molecule has 0 bridgehead atoms. The van der Waals surface area contributed by atoms with E-state index in [4.69, 9.17) is 4.98 Å². The van der Waals surface area contributed by atoms with Gasteiger partial charge in [-0.2, -0.15) is 0 Å². The van der Waals surface area contributed by atoms with Gasteiger partial charge in [-0.15, -0.1) is 0 Å². The second-order valence-electron chi connectivity index (χ2n) is 7.92. The number of amides is 2. The number of nitrogens with zero attached hydrogens (tertiary/aromatic N) is 4. The van der Waals surface area contributed by atoms with Crippen molar-refractivity contribution in [1.29, 1.82) is 0 Å². The molecule has 1 fully saturated rings. The summed E-state index contributed by atoms with van der Waals surface area (Å²) >= 11 is 3.41. The fraction of sp³-hybridized carbons (Fsp3) is 0.375. The van der Waals surface area contributed by atoms with E-state index in [-0.39, 0.29) is 17.6 Å². The highest BCUT2D eigenvalue weighted by atomic mass is 79.9. The second-order valence-corrected chi connectivity index (χ2v) is 8.84. The van der Waals surface area contributed by atoms with E-state index in [1.807, 2.05) is 60.4 Å². The number of piperazine rings is 1. The zero-order valence-corrected chi connectivity index (χ0v) is 20.0. The summed E-state index contributed by atoms with van der Waals surface area (Å²) < 4.78 is 2.77. The van der Waals surface area contributed by atoms with Crippen LogP contribution in [0.25, 0.3) is 10.9 Å². The van der Waals surface area contributed by atoms with Crippen molar-refractivity contribution in [3.8, 4) is 0 Å². The highest BCUT2D eigenvalue weighted by Crippen LogP contribution is 2.25. The molecule has 2 amide bonds. The van der Waals surface area contributed by atoms with Crippen LogP contribution < -0.4 is 10.9 Å². The normalized spacial score (nSPS) is 15.7. The van der Waals surface area contributed by atoms with Gasteiger partial charge in [0, 0.05) is 42.9 Å². The predicted octanol–water partition coefficient (Wildman–Crippen LogP) is 4.48. The van der Waals surface area contributed by atoms with Gasteiger partial charge in [-0.1, -0.05) is 35.0 Å². The molecule has 2 aromatic carbocycles. The summed E-state index contributed by atoms with van der Waals surface area (Å²) in [7, 11) is 0. The predicted molar refractivity (Wildman–Crippen MR) is 131 cm³/mol. The van der Waals surface area contributed by atoms with Gasteiger partial charge in [0.1, 0.15) is 5.82 Å². The topological polar surface area (TPSA) is 70.5 Å². The maximum absolute atomic E-state index is 13.1. The molecule has 3 aromatic rings. The van der Waals surface area contributed by atoms with E-state index >= 15 is 0 Å². The Morgan fingerprint density at radius 1 is 1.06 bits per heavy atom. The van der Waals surface area contributed by atoms with Crippen molar-refractivity contribution in [2.24, 2.45) is 0 Å². The molecule has 1 aliphatic heterocycles. The van der Waals surface area contributed by atoms with Crippen LogP contribution in [0.3, 0.4) is 0 Å². The quantitative estimate of drug-likeness (QED) is 0.563. The standard InChI is InChI=1S/C24H28BrN5O2/c1-3-21(22-27-20-8-6-5-7-19(20)23(31)30(22)4-2)28-13-15-29(16-14-28)24(32)26-18-11-9-17(25)10-12-18/h5-12,21H,3-4,13-16H2,1-2H3,(H,26,32). The third kappa shape index (κ3) is 4.56. The lowest BCUT2D eigenvalue weighted by Crippen LogP contribution is -2.51. The van der Waals surface area contributed by atoms with E-state index in [2.05, 4.69) is 33.1 Å². The molecule has 7 nitrogen and oxygen atoms in total. The fourth-order valence-electron chi connectivity index (χ4n) is 4.32. The summed E-state index contributed by atoms with van der Waals surface area (Å²) in [6.45, 7) is 7.41. The molecule has 2 heterocycles. The van der Waals surface area contributed by atoms with Crippen LogP contribution in [0, 0.1) is 0 Å². The Hall–Kier alpha value is -2.71. The summed E-state index contributed by atoms with van der Waals surface area (Å²) in [4.78, 5) is 34.8. The lowest BCUT2D eigenvalue weighted by Gasteiger charge is -2.39. The van der Waals surface area contributed by atoms with Gasteiger partial charge < -0.3 is 10.2 Å². The number of urea groups is 1. The Balaban J connectivity index is 1.49. The molecule has 0 saturated carbocycles. The number of anilines is 1. The lowest BCUT2D eigenvalue weighted by atomic mass is 10.1. The van der Waals surface area contributed by atoms with Crippen LogP contribution in [-0.4, -0.2) is 51.6 Å². The number of halogens is 1. The number of rotatable bonds is 5. The van der Waals surface area contributed by atoms with Crippen molar-refractivity contribution in [3.63, 3.8) is 0 Å². The number of carbonyl (C=O) groups excluding carboxylic acids is 1. The van der Waals surface area contributed by atoms with Crippen LogP contribution in [0.4, 0.5) is 10.5 Å². The number of hydrogen-bond donors (Lipinski definition) is 1. The van der Waals surface area contributed by atoms with Crippen LogP contribution in [0.15, 0.2) is 57.8 Å². The molecular weight excluding hydrogens is 470 g/mol. The van der Waals surface area contributed by atoms with Crippen LogP contribution in [0.5, 0.6) is 0 Å². The first-order valence-corrected chi connectivity index (χ1v) is 11.9. The summed E-state index contributed by atoms with van der Waals surface area (Å²) in [5.41, 5.74) is 1.53. The molecule has 0 radical (unpaired) electrons. The Labute approximate surface area is 196 Å². The molecule has 1 aromatic heterocycles. The number of aromatic nitrogens is 2. The van der Waals surface area contributed by atoms with Gasteiger partial charge in [-0.05, 0) is 49.7 Å². The fourth-order valence-corrected chi connectivity index (χ4v) is 4.59. The minimum Gasteiger partial charge on any atom is -0.322 e. The summed E-state index contributed by atoms with van der Waals surface area (Å²) in [6.07, 6.45) is 0.843. The molecule has 8 heteroatoms. The average molecular weight is 498 g/mol. The summed E-state index contributed by atoms with van der Waals surface area (Å²) in [6, 6.07) is 15.0. The highest BCUT2D eigenvalue weighted by Gasteiger charge is 2.29. The second kappa shape index (κ2) is 9.83. The number of para-hydroxylation sites is 1.